The number of amides is 4. The Hall–Kier alpha value is -3.44. The first kappa shape index (κ1) is 17.9. The van der Waals surface area contributed by atoms with Crippen molar-refractivity contribution in [2.24, 2.45) is 14.1 Å². The highest BCUT2D eigenvalue weighted by atomic mass is 16.2. The number of urea groups is 1. The van der Waals surface area contributed by atoms with Gasteiger partial charge in [0, 0.05) is 27.2 Å². The summed E-state index contributed by atoms with van der Waals surface area (Å²) in [6, 6.07) is -0.538. The van der Waals surface area contributed by atoms with Crippen molar-refractivity contribution in [1.82, 2.24) is 34.2 Å². The lowest BCUT2D eigenvalue weighted by Gasteiger charge is -2.37. The lowest BCUT2D eigenvalue weighted by Crippen LogP contribution is -2.56. The average Bonchev–Trinajstić information content (AvgIpc) is 3.17. The molecule has 0 unspecified atom stereocenters. The molecule has 12 heteroatoms. The molecule has 28 heavy (non-hydrogen) atoms. The number of aromatic nitrogens is 4. The van der Waals surface area contributed by atoms with E-state index in [1.807, 2.05) is 0 Å². The number of rotatable bonds is 2. The molecule has 12 nitrogen and oxygen atoms in total. The van der Waals surface area contributed by atoms with Crippen molar-refractivity contribution >= 4 is 29.0 Å². The Bertz CT molecular complexity index is 1130. The number of imide groups is 1. The number of carbonyl (C=O) groups is 3. The second kappa shape index (κ2) is 6.04. The highest BCUT2D eigenvalue weighted by Gasteiger charge is 2.48. The van der Waals surface area contributed by atoms with Gasteiger partial charge in [0.2, 0.25) is 5.91 Å². The summed E-state index contributed by atoms with van der Waals surface area (Å²) in [6.45, 7) is 0.0588. The topological polar surface area (TPSA) is 140 Å². The normalized spacial score (nSPS) is 18.6. The molecule has 2 aliphatic rings. The Morgan fingerprint density at radius 2 is 1.86 bits per heavy atom. The van der Waals surface area contributed by atoms with Crippen LogP contribution >= 0.6 is 0 Å². The fourth-order valence-corrected chi connectivity index (χ4v) is 3.79. The van der Waals surface area contributed by atoms with Gasteiger partial charge in [-0.05, 0) is 12.8 Å². The summed E-state index contributed by atoms with van der Waals surface area (Å²) < 4.78 is 3.62. The fourth-order valence-electron chi connectivity index (χ4n) is 3.79. The van der Waals surface area contributed by atoms with Gasteiger partial charge in [0.05, 0.1) is 6.33 Å². The zero-order chi connectivity index (χ0) is 20.2. The Kier molecular flexibility index (Phi) is 3.87. The standard InChI is InChI=1S/C16H19N7O5/c1-20-8-17-11-10(20)12(25)23(15(28)21(11)2)7-9(24)22-5-3-16(4-6-22)13(26)18-14(27)19-16/h8H,3-7H2,1-2H3,(H2,18,19,26,27). The first-order chi connectivity index (χ1) is 13.2. The van der Waals surface area contributed by atoms with Gasteiger partial charge in [-0.1, -0.05) is 0 Å². The molecule has 0 atom stereocenters. The molecular weight excluding hydrogens is 370 g/mol. The van der Waals surface area contributed by atoms with E-state index in [2.05, 4.69) is 15.6 Å². The van der Waals surface area contributed by atoms with Gasteiger partial charge in [-0.2, -0.15) is 0 Å². The summed E-state index contributed by atoms with van der Waals surface area (Å²) in [5, 5.41) is 4.83. The van der Waals surface area contributed by atoms with E-state index in [0.717, 1.165) is 4.57 Å². The molecule has 2 aliphatic heterocycles. The molecule has 0 saturated carbocycles. The molecule has 0 aliphatic carbocycles. The van der Waals surface area contributed by atoms with Crippen molar-refractivity contribution in [2.45, 2.75) is 24.9 Å². The number of piperidine rings is 1. The van der Waals surface area contributed by atoms with Crippen LogP contribution in [0.25, 0.3) is 11.2 Å². The smallest absolute Gasteiger partial charge is 0.332 e. The van der Waals surface area contributed by atoms with Gasteiger partial charge in [0.15, 0.2) is 11.2 Å². The minimum absolute atomic E-state index is 0.232. The van der Waals surface area contributed by atoms with Crippen molar-refractivity contribution in [3.8, 4) is 0 Å². The number of hydrogen-bond acceptors (Lipinski definition) is 6. The number of nitrogens with zero attached hydrogens (tertiary/aromatic N) is 5. The van der Waals surface area contributed by atoms with Crippen molar-refractivity contribution in [1.29, 1.82) is 0 Å². The molecule has 2 aromatic rings. The molecule has 0 bridgehead atoms. The van der Waals surface area contributed by atoms with Crippen LogP contribution in [0.4, 0.5) is 4.79 Å². The van der Waals surface area contributed by atoms with Gasteiger partial charge in [-0.3, -0.25) is 24.3 Å². The summed E-state index contributed by atoms with van der Waals surface area (Å²) in [7, 11) is 3.13. The minimum atomic E-state index is -0.992. The second-order valence-corrected chi connectivity index (χ2v) is 7.13. The van der Waals surface area contributed by atoms with Crippen molar-refractivity contribution < 1.29 is 14.4 Å². The predicted octanol–water partition coefficient (Wildman–Crippen LogP) is -2.37. The van der Waals surface area contributed by atoms with Crippen LogP contribution in [0.1, 0.15) is 12.8 Å². The van der Waals surface area contributed by atoms with Crippen LogP contribution < -0.4 is 21.9 Å². The predicted molar refractivity (Wildman–Crippen MR) is 95.4 cm³/mol. The second-order valence-electron chi connectivity index (χ2n) is 7.13. The highest BCUT2D eigenvalue weighted by Crippen LogP contribution is 2.25. The fraction of sp³-hybridized carbons (Fsp3) is 0.500. The number of likely N-dealkylation sites (tertiary alicyclic amines) is 1. The molecular formula is C16H19N7O5. The van der Waals surface area contributed by atoms with Crippen LogP contribution in [-0.2, 0) is 30.2 Å². The van der Waals surface area contributed by atoms with E-state index >= 15 is 0 Å². The van der Waals surface area contributed by atoms with E-state index in [9.17, 15) is 24.0 Å². The molecule has 4 heterocycles. The third-order valence-corrected chi connectivity index (χ3v) is 5.48. The van der Waals surface area contributed by atoms with Crippen molar-refractivity contribution in [2.75, 3.05) is 13.1 Å². The average molecular weight is 389 g/mol. The van der Waals surface area contributed by atoms with E-state index < -0.39 is 41.2 Å². The van der Waals surface area contributed by atoms with Gasteiger partial charge in [-0.15, -0.1) is 0 Å². The van der Waals surface area contributed by atoms with Gasteiger partial charge < -0.3 is 14.8 Å². The maximum absolute atomic E-state index is 12.7. The van der Waals surface area contributed by atoms with Crippen LogP contribution in [0.2, 0.25) is 0 Å². The first-order valence-electron chi connectivity index (χ1n) is 8.76. The molecule has 4 rings (SSSR count). The van der Waals surface area contributed by atoms with Crippen LogP contribution in [-0.4, -0.2) is 60.1 Å². The van der Waals surface area contributed by atoms with E-state index in [1.165, 1.54) is 27.4 Å². The molecule has 2 fully saturated rings. The summed E-state index contributed by atoms with van der Waals surface area (Å²) >= 11 is 0. The lowest BCUT2D eigenvalue weighted by molar-refractivity contribution is -0.136. The SMILES string of the molecule is Cn1cnc2c1c(=O)n(CC(=O)N1CCC3(CC1)NC(=O)NC3=O)c(=O)n2C. The van der Waals surface area contributed by atoms with Crippen LogP contribution in [0.3, 0.4) is 0 Å². The van der Waals surface area contributed by atoms with Crippen LogP contribution in [0, 0.1) is 0 Å². The number of nitrogens with one attached hydrogen (secondary N) is 2. The maximum Gasteiger partial charge on any atom is 0.332 e. The lowest BCUT2D eigenvalue weighted by atomic mass is 9.88. The first-order valence-corrected chi connectivity index (χ1v) is 8.76. The summed E-state index contributed by atoms with van der Waals surface area (Å²) in [4.78, 5) is 66.8. The molecule has 1 spiro atoms. The van der Waals surface area contributed by atoms with Gasteiger partial charge in [-0.25, -0.2) is 19.1 Å². The van der Waals surface area contributed by atoms with E-state index in [1.54, 1.807) is 7.05 Å². The van der Waals surface area contributed by atoms with Gasteiger partial charge >= 0.3 is 11.7 Å². The minimum Gasteiger partial charge on any atom is -0.341 e. The van der Waals surface area contributed by atoms with Crippen LogP contribution in [0.15, 0.2) is 15.9 Å². The number of aryl methyl sites for hydroxylation is 2. The monoisotopic (exact) mass is 389 g/mol. The largest absolute Gasteiger partial charge is 0.341 e. The third-order valence-electron chi connectivity index (χ3n) is 5.48. The Balaban J connectivity index is 1.56. The number of fused-ring (bicyclic) bond motifs is 1. The van der Waals surface area contributed by atoms with Crippen molar-refractivity contribution in [3.05, 3.63) is 27.2 Å². The third kappa shape index (κ3) is 2.52. The van der Waals surface area contributed by atoms with Crippen LogP contribution in [0.5, 0.6) is 0 Å². The quantitative estimate of drug-likeness (QED) is 0.551. The molecule has 2 N–H and O–H groups in total. The summed E-state index contributed by atoms with van der Waals surface area (Å²) in [5.41, 5.74) is -1.71. The molecule has 0 aromatic carbocycles. The maximum atomic E-state index is 12.7. The zero-order valence-electron chi connectivity index (χ0n) is 15.4. The molecule has 2 aromatic heterocycles. The summed E-state index contributed by atoms with van der Waals surface area (Å²) in [6.07, 6.45) is 1.97. The zero-order valence-corrected chi connectivity index (χ0v) is 15.4. The Morgan fingerprint density at radius 1 is 1.18 bits per heavy atom. The number of hydrogen-bond donors (Lipinski definition) is 2. The van der Waals surface area contributed by atoms with Gasteiger partial charge in [0.25, 0.3) is 11.5 Å². The number of imidazole rings is 1. The summed E-state index contributed by atoms with van der Waals surface area (Å²) in [5.74, 6) is -0.795. The molecule has 4 amide bonds. The highest BCUT2D eigenvalue weighted by molar-refractivity contribution is 6.07. The molecule has 0 radical (unpaired) electrons. The van der Waals surface area contributed by atoms with Gasteiger partial charge in [0.1, 0.15) is 12.1 Å². The van der Waals surface area contributed by atoms with E-state index in [4.69, 9.17) is 0 Å². The molecule has 2 saturated heterocycles. The van der Waals surface area contributed by atoms with E-state index in [0.29, 0.717) is 0 Å². The number of carbonyl (C=O) groups excluding carboxylic acids is 3. The molecule has 148 valence electrons. The Morgan fingerprint density at radius 3 is 2.46 bits per heavy atom. The Labute approximate surface area is 157 Å². The van der Waals surface area contributed by atoms with Crippen molar-refractivity contribution in [3.63, 3.8) is 0 Å². The van der Waals surface area contributed by atoms with E-state index in [-0.39, 0.29) is 37.1 Å².